The molecule has 0 bridgehead atoms. The van der Waals surface area contributed by atoms with Crippen LogP contribution in [0.15, 0.2) is 24.7 Å². The molecular formula is C8H9N5O2S. The molecule has 0 amide bonds. The lowest BCUT2D eigenvalue weighted by Gasteiger charge is -1.96. The standard InChI is InChI=1S/C8H9N5O2S/c1-16(14,15)13-5-6(4-11-13)8-10-3-2-7(9)12-8/h2-5H,1H3,(H2,9,10,12). The van der Waals surface area contributed by atoms with Gasteiger partial charge in [-0.2, -0.15) is 9.19 Å². The predicted octanol–water partition coefficient (Wildman–Crippen LogP) is -0.270. The zero-order chi connectivity index (χ0) is 11.8. The second kappa shape index (κ2) is 3.56. The first kappa shape index (κ1) is 10.6. The Morgan fingerprint density at radius 2 is 2.19 bits per heavy atom. The van der Waals surface area contributed by atoms with Gasteiger partial charge in [0.25, 0.3) is 10.0 Å². The van der Waals surface area contributed by atoms with Crippen molar-refractivity contribution in [1.82, 2.24) is 19.2 Å². The summed E-state index contributed by atoms with van der Waals surface area (Å²) >= 11 is 0. The van der Waals surface area contributed by atoms with Crippen LogP contribution < -0.4 is 5.73 Å². The molecule has 0 spiro atoms. The Hall–Kier alpha value is -1.96. The summed E-state index contributed by atoms with van der Waals surface area (Å²) in [6.07, 6.45) is 5.26. The fraction of sp³-hybridized carbons (Fsp3) is 0.125. The van der Waals surface area contributed by atoms with E-state index >= 15 is 0 Å². The molecule has 0 aliphatic heterocycles. The van der Waals surface area contributed by atoms with Gasteiger partial charge in [0.2, 0.25) is 0 Å². The molecule has 7 nitrogen and oxygen atoms in total. The van der Waals surface area contributed by atoms with Crippen molar-refractivity contribution in [3.63, 3.8) is 0 Å². The molecule has 0 unspecified atom stereocenters. The molecule has 2 aromatic rings. The number of nitrogens with zero attached hydrogens (tertiary/aromatic N) is 4. The van der Waals surface area contributed by atoms with Crippen molar-refractivity contribution < 1.29 is 8.42 Å². The lowest BCUT2D eigenvalue weighted by atomic mass is 10.3. The molecule has 0 saturated carbocycles. The lowest BCUT2D eigenvalue weighted by Crippen LogP contribution is -2.09. The maximum Gasteiger partial charge on any atom is 0.250 e. The van der Waals surface area contributed by atoms with Crippen LogP contribution in [0.3, 0.4) is 0 Å². The van der Waals surface area contributed by atoms with Crippen molar-refractivity contribution in [1.29, 1.82) is 0 Å². The Morgan fingerprint density at radius 3 is 2.75 bits per heavy atom. The second-order valence-corrected chi connectivity index (χ2v) is 5.01. The van der Waals surface area contributed by atoms with E-state index in [2.05, 4.69) is 15.1 Å². The molecule has 0 aliphatic carbocycles. The summed E-state index contributed by atoms with van der Waals surface area (Å²) in [5, 5.41) is 3.70. The molecule has 2 heterocycles. The Kier molecular flexibility index (Phi) is 2.35. The summed E-state index contributed by atoms with van der Waals surface area (Å²) < 4.78 is 23.2. The highest BCUT2D eigenvalue weighted by molar-refractivity contribution is 7.89. The van der Waals surface area contributed by atoms with Crippen molar-refractivity contribution in [2.75, 3.05) is 12.0 Å². The van der Waals surface area contributed by atoms with E-state index in [1.54, 1.807) is 6.07 Å². The van der Waals surface area contributed by atoms with Gasteiger partial charge in [0.1, 0.15) is 5.82 Å². The maximum absolute atomic E-state index is 11.2. The summed E-state index contributed by atoms with van der Waals surface area (Å²) in [7, 11) is -3.38. The first-order valence-electron chi connectivity index (χ1n) is 4.31. The van der Waals surface area contributed by atoms with E-state index in [1.165, 1.54) is 18.6 Å². The van der Waals surface area contributed by atoms with Crippen LogP contribution in [0.25, 0.3) is 11.4 Å². The minimum absolute atomic E-state index is 0.317. The molecule has 16 heavy (non-hydrogen) atoms. The van der Waals surface area contributed by atoms with E-state index in [-0.39, 0.29) is 0 Å². The molecule has 2 N–H and O–H groups in total. The number of nitrogens with two attached hydrogens (primary N) is 1. The number of aromatic nitrogens is 4. The average molecular weight is 239 g/mol. The number of hydrogen-bond acceptors (Lipinski definition) is 6. The summed E-state index contributed by atoms with van der Waals surface area (Å²) in [5.41, 5.74) is 5.99. The molecule has 0 atom stereocenters. The first-order chi connectivity index (χ1) is 7.47. The highest BCUT2D eigenvalue weighted by Gasteiger charge is 2.10. The zero-order valence-electron chi connectivity index (χ0n) is 8.40. The van der Waals surface area contributed by atoms with Crippen LogP contribution in [0.4, 0.5) is 5.82 Å². The molecule has 84 valence electrons. The van der Waals surface area contributed by atoms with Gasteiger partial charge in [0.05, 0.1) is 24.2 Å². The van der Waals surface area contributed by atoms with E-state index in [1.807, 2.05) is 0 Å². The molecule has 0 saturated heterocycles. The van der Waals surface area contributed by atoms with Gasteiger partial charge in [-0.05, 0) is 6.07 Å². The van der Waals surface area contributed by atoms with Gasteiger partial charge >= 0.3 is 0 Å². The topological polar surface area (TPSA) is 104 Å². The fourth-order valence-corrected chi connectivity index (χ4v) is 1.64. The van der Waals surface area contributed by atoms with Crippen LogP contribution >= 0.6 is 0 Å². The average Bonchev–Trinajstić information content (AvgIpc) is 2.65. The van der Waals surface area contributed by atoms with Crippen molar-refractivity contribution in [3.8, 4) is 11.4 Å². The molecule has 0 fully saturated rings. The molecule has 8 heteroatoms. The van der Waals surface area contributed by atoms with Crippen LogP contribution in [-0.2, 0) is 10.0 Å². The number of hydrogen-bond donors (Lipinski definition) is 1. The molecular weight excluding hydrogens is 230 g/mol. The van der Waals surface area contributed by atoms with Gasteiger partial charge in [-0.3, -0.25) is 0 Å². The molecule has 2 rings (SSSR count). The van der Waals surface area contributed by atoms with Crippen LogP contribution in [0.1, 0.15) is 0 Å². The number of anilines is 1. The van der Waals surface area contributed by atoms with Crippen LogP contribution in [0.5, 0.6) is 0 Å². The largest absolute Gasteiger partial charge is 0.384 e. The normalized spacial score (nSPS) is 11.6. The van der Waals surface area contributed by atoms with Gasteiger partial charge in [0.15, 0.2) is 5.82 Å². The van der Waals surface area contributed by atoms with E-state index in [0.29, 0.717) is 17.2 Å². The van der Waals surface area contributed by atoms with E-state index in [4.69, 9.17) is 5.73 Å². The molecule has 0 radical (unpaired) electrons. The highest BCUT2D eigenvalue weighted by atomic mass is 32.2. The van der Waals surface area contributed by atoms with Gasteiger partial charge in [-0.1, -0.05) is 0 Å². The second-order valence-electron chi connectivity index (χ2n) is 3.17. The van der Waals surface area contributed by atoms with Crippen molar-refractivity contribution >= 4 is 15.8 Å². The van der Waals surface area contributed by atoms with Gasteiger partial charge in [0, 0.05) is 6.20 Å². The Balaban J connectivity index is 2.47. The van der Waals surface area contributed by atoms with Crippen molar-refractivity contribution in [2.24, 2.45) is 0 Å². The molecule has 0 aliphatic rings. The lowest BCUT2D eigenvalue weighted by molar-refractivity contribution is 0.586. The van der Waals surface area contributed by atoms with Gasteiger partial charge < -0.3 is 5.73 Å². The summed E-state index contributed by atoms with van der Waals surface area (Å²) in [5.74, 6) is 0.659. The molecule has 2 aromatic heterocycles. The highest BCUT2D eigenvalue weighted by Crippen LogP contribution is 2.14. The zero-order valence-corrected chi connectivity index (χ0v) is 9.22. The number of rotatable bonds is 2. The third kappa shape index (κ3) is 2.01. The number of nitrogen functional groups attached to an aromatic ring is 1. The van der Waals surface area contributed by atoms with Crippen LogP contribution in [0, 0.1) is 0 Å². The Bertz CT molecular complexity index is 619. The van der Waals surface area contributed by atoms with Crippen molar-refractivity contribution in [3.05, 3.63) is 24.7 Å². The van der Waals surface area contributed by atoms with Crippen LogP contribution in [-0.4, -0.2) is 33.8 Å². The first-order valence-corrected chi connectivity index (χ1v) is 6.16. The van der Waals surface area contributed by atoms with Crippen molar-refractivity contribution in [2.45, 2.75) is 0 Å². The summed E-state index contributed by atoms with van der Waals surface area (Å²) in [6, 6.07) is 1.55. The monoisotopic (exact) mass is 239 g/mol. The smallest absolute Gasteiger partial charge is 0.250 e. The maximum atomic E-state index is 11.2. The Morgan fingerprint density at radius 1 is 1.44 bits per heavy atom. The quantitative estimate of drug-likeness (QED) is 0.773. The predicted molar refractivity (Wildman–Crippen MR) is 57.9 cm³/mol. The van der Waals surface area contributed by atoms with Gasteiger partial charge in [-0.15, -0.1) is 0 Å². The summed E-state index contributed by atoms with van der Waals surface area (Å²) in [6.45, 7) is 0. The fourth-order valence-electron chi connectivity index (χ4n) is 1.11. The Labute approximate surface area is 92.0 Å². The van der Waals surface area contributed by atoms with E-state index in [9.17, 15) is 8.42 Å². The van der Waals surface area contributed by atoms with E-state index < -0.39 is 10.0 Å². The minimum Gasteiger partial charge on any atom is -0.384 e. The van der Waals surface area contributed by atoms with Gasteiger partial charge in [-0.25, -0.2) is 18.4 Å². The third-order valence-corrected chi connectivity index (χ3v) is 2.71. The van der Waals surface area contributed by atoms with Crippen LogP contribution in [0.2, 0.25) is 0 Å². The summed E-state index contributed by atoms with van der Waals surface area (Å²) in [4.78, 5) is 7.92. The molecule has 0 aromatic carbocycles. The third-order valence-electron chi connectivity index (χ3n) is 1.84. The SMILES string of the molecule is CS(=O)(=O)n1cc(-c2nccc(N)n2)cn1. The van der Waals surface area contributed by atoms with E-state index in [0.717, 1.165) is 10.3 Å². The minimum atomic E-state index is -3.38.